The van der Waals surface area contributed by atoms with Crippen molar-refractivity contribution in [3.8, 4) is 0 Å². The highest BCUT2D eigenvalue weighted by Gasteiger charge is 2.35. The molecule has 6 nitrogen and oxygen atoms in total. The highest BCUT2D eigenvalue weighted by atomic mass is 35.5. The fourth-order valence-corrected chi connectivity index (χ4v) is 3.12. The molecule has 2 amide bonds. The average Bonchev–Trinajstić information content (AvgIpc) is 2.79. The van der Waals surface area contributed by atoms with Crippen molar-refractivity contribution in [2.24, 2.45) is 0 Å². The summed E-state index contributed by atoms with van der Waals surface area (Å²) in [5, 5.41) is 0.260. The van der Waals surface area contributed by atoms with Gasteiger partial charge in [0, 0.05) is 16.8 Å². The normalized spacial score (nSPS) is 16.2. The Kier molecular flexibility index (Phi) is 4.55. The van der Waals surface area contributed by atoms with E-state index < -0.39 is 0 Å². The van der Waals surface area contributed by atoms with Gasteiger partial charge in [0.05, 0.1) is 11.4 Å². The first kappa shape index (κ1) is 16.5. The van der Waals surface area contributed by atoms with Gasteiger partial charge in [-0.3, -0.25) is 14.5 Å². The van der Waals surface area contributed by atoms with Crippen LogP contribution in [0.15, 0.2) is 35.4 Å². The monoisotopic (exact) mass is 360 g/mol. The lowest BCUT2D eigenvalue weighted by molar-refractivity contribution is -0.123. The SMILES string of the molecule is Cc1ncc(CN2C(=O)S/C(=C\c3ccc(Cl)cc3)C2=O)c(N)n1. The molecule has 0 atom stereocenters. The molecule has 1 fully saturated rings. The summed E-state index contributed by atoms with van der Waals surface area (Å²) in [6.07, 6.45) is 3.19. The van der Waals surface area contributed by atoms with Gasteiger partial charge in [-0.15, -0.1) is 0 Å². The fourth-order valence-electron chi connectivity index (χ4n) is 2.15. The zero-order valence-electron chi connectivity index (χ0n) is 12.7. The Morgan fingerprint density at radius 1 is 1.29 bits per heavy atom. The number of benzene rings is 1. The molecule has 0 bridgehead atoms. The molecule has 0 unspecified atom stereocenters. The molecule has 1 aliphatic heterocycles. The predicted molar refractivity (Wildman–Crippen MR) is 94.1 cm³/mol. The molecule has 0 saturated carbocycles. The number of aromatic nitrogens is 2. The number of carbonyl (C=O) groups excluding carboxylic acids is 2. The summed E-state index contributed by atoms with van der Waals surface area (Å²) in [6.45, 7) is 1.77. The lowest BCUT2D eigenvalue weighted by Crippen LogP contribution is -2.28. The van der Waals surface area contributed by atoms with Gasteiger partial charge in [0.15, 0.2) is 0 Å². The maximum atomic E-state index is 12.5. The highest BCUT2D eigenvalue weighted by Crippen LogP contribution is 2.33. The van der Waals surface area contributed by atoms with Gasteiger partial charge in [-0.2, -0.15) is 0 Å². The first-order valence-corrected chi connectivity index (χ1v) is 8.22. The van der Waals surface area contributed by atoms with Crippen LogP contribution in [0, 0.1) is 6.92 Å². The number of aryl methyl sites for hydroxylation is 1. The van der Waals surface area contributed by atoms with Crippen molar-refractivity contribution in [1.82, 2.24) is 14.9 Å². The van der Waals surface area contributed by atoms with Crippen molar-refractivity contribution in [2.75, 3.05) is 5.73 Å². The predicted octanol–water partition coefficient (Wildman–Crippen LogP) is 3.26. The van der Waals surface area contributed by atoms with E-state index in [0.29, 0.717) is 21.3 Å². The van der Waals surface area contributed by atoms with Crippen LogP contribution in [0.4, 0.5) is 10.6 Å². The molecule has 2 N–H and O–H groups in total. The molecule has 2 aromatic rings. The van der Waals surface area contributed by atoms with E-state index in [-0.39, 0.29) is 23.5 Å². The number of nitrogens with zero attached hydrogens (tertiary/aromatic N) is 3. The Morgan fingerprint density at radius 3 is 2.67 bits per heavy atom. The Hall–Kier alpha value is -2.38. The van der Waals surface area contributed by atoms with Crippen LogP contribution in [-0.2, 0) is 11.3 Å². The minimum absolute atomic E-state index is 0.0503. The van der Waals surface area contributed by atoms with Gasteiger partial charge >= 0.3 is 0 Å². The molecule has 24 heavy (non-hydrogen) atoms. The Bertz CT molecular complexity index is 852. The van der Waals surface area contributed by atoms with Crippen LogP contribution < -0.4 is 5.73 Å². The number of carbonyl (C=O) groups is 2. The number of amides is 2. The number of imide groups is 1. The summed E-state index contributed by atoms with van der Waals surface area (Å²) in [7, 11) is 0. The lowest BCUT2D eigenvalue weighted by Gasteiger charge is -2.13. The minimum atomic E-state index is -0.361. The molecule has 8 heteroatoms. The molecule has 0 radical (unpaired) electrons. The molecule has 3 rings (SSSR count). The number of rotatable bonds is 3. The lowest BCUT2D eigenvalue weighted by atomic mass is 10.2. The maximum absolute atomic E-state index is 12.5. The Balaban J connectivity index is 1.82. The van der Waals surface area contributed by atoms with Crippen LogP contribution in [0.1, 0.15) is 17.0 Å². The van der Waals surface area contributed by atoms with Crippen LogP contribution in [0.2, 0.25) is 5.02 Å². The second kappa shape index (κ2) is 6.62. The molecule has 1 aromatic heterocycles. The third kappa shape index (κ3) is 3.42. The minimum Gasteiger partial charge on any atom is -0.383 e. The van der Waals surface area contributed by atoms with E-state index in [1.807, 2.05) is 0 Å². The van der Waals surface area contributed by atoms with Crippen LogP contribution in [-0.4, -0.2) is 26.0 Å². The Morgan fingerprint density at radius 2 is 2.00 bits per heavy atom. The molecular weight excluding hydrogens is 348 g/mol. The molecule has 0 aliphatic carbocycles. The van der Waals surface area contributed by atoms with Gasteiger partial charge in [0.2, 0.25) is 0 Å². The van der Waals surface area contributed by atoms with Gasteiger partial charge in [0.25, 0.3) is 11.1 Å². The Labute approximate surface area is 147 Å². The zero-order valence-corrected chi connectivity index (χ0v) is 14.3. The first-order chi connectivity index (χ1) is 11.4. The molecule has 1 aromatic carbocycles. The van der Waals surface area contributed by atoms with Crippen molar-refractivity contribution < 1.29 is 9.59 Å². The van der Waals surface area contributed by atoms with E-state index in [0.717, 1.165) is 22.2 Å². The van der Waals surface area contributed by atoms with Gasteiger partial charge in [0.1, 0.15) is 11.6 Å². The summed E-state index contributed by atoms with van der Waals surface area (Å²) in [4.78, 5) is 34.2. The molecule has 122 valence electrons. The summed E-state index contributed by atoms with van der Waals surface area (Å²) in [6, 6.07) is 7.01. The number of anilines is 1. The van der Waals surface area contributed by atoms with Crippen molar-refractivity contribution >= 4 is 46.4 Å². The third-order valence-electron chi connectivity index (χ3n) is 3.39. The number of thioether (sulfide) groups is 1. The largest absolute Gasteiger partial charge is 0.383 e. The van der Waals surface area contributed by atoms with Gasteiger partial charge in [-0.05, 0) is 42.5 Å². The summed E-state index contributed by atoms with van der Waals surface area (Å²) in [5.74, 6) is 0.441. The van der Waals surface area contributed by atoms with Gasteiger partial charge in [-0.1, -0.05) is 23.7 Å². The number of nitrogens with two attached hydrogens (primary N) is 1. The maximum Gasteiger partial charge on any atom is 0.293 e. The highest BCUT2D eigenvalue weighted by molar-refractivity contribution is 8.18. The average molecular weight is 361 g/mol. The van der Waals surface area contributed by atoms with E-state index in [1.165, 1.54) is 6.20 Å². The molecular formula is C16H13ClN4O2S. The second-order valence-electron chi connectivity index (χ2n) is 5.15. The van der Waals surface area contributed by atoms with Crippen LogP contribution in [0.3, 0.4) is 0 Å². The number of hydrogen-bond donors (Lipinski definition) is 1. The quantitative estimate of drug-likeness (QED) is 0.845. The number of hydrogen-bond acceptors (Lipinski definition) is 6. The molecule has 1 saturated heterocycles. The van der Waals surface area contributed by atoms with Gasteiger partial charge < -0.3 is 5.73 Å². The smallest absolute Gasteiger partial charge is 0.293 e. The van der Waals surface area contributed by atoms with E-state index in [1.54, 1.807) is 37.3 Å². The topological polar surface area (TPSA) is 89.2 Å². The van der Waals surface area contributed by atoms with E-state index in [4.69, 9.17) is 17.3 Å². The van der Waals surface area contributed by atoms with Crippen LogP contribution in [0.5, 0.6) is 0 Å². The molecule has 0 spiro atoms. The molecule has 1 aliphatic rings. The standard InChI is InChI=1S/C16H13ClN4O2S/c1-9-19-7-11(14(18)20-9)8-21-15(22)13(24-16(21)23)6-10-2-4-12(17)5-3-10/h2-7H,8H2,1H3,(H2,18,19,20)/b13-6-. The van der Waals surface area contributed by atoms with E-state index in [9.17, 15) is 9.59 Å². The second-order valence-corrected chi connectivity index (χ2v) is 6.58. The van der Waals surface area contributed by atoms with Gasteiger partial charge in [-0.25, -0.2) is 9.97 Å². The van der Waals surface area contributed by atoms with Crippen molar-refractivity contribution in [2.45, 2.75) is 13.5 Å². The van der Waals surface area contributed by atoms with E-state index >= 15 is 0 Å². The number of halogens is 1. The van der Waals surface area contributed by atoms with Crippen molar-refractivity contribution in [3.05, 3.63) is 57.3 Å². The van der Waals surface area contributed by atoms with Crippen LogP contribution in [0.25, 0.3) is 6.08 Å². The summed E-state index contributed by atoms with van der Waals surface area (Å²) < 4.78 is 0. The van der Waals surface area contributed by atoms with Crippen molar-refractivity contribution in [1.29, 1.82) is 0 Å². The summed E-state index contributed by atoms with van der Waals surface area (Å²) >= 11 is 6.73. The summed E-state index contributed by atoms with van der Waals surface area (Å²) in [5.41, 5.74) is 7.16. The zero-order chi connectivity index (χ0) is 17.3. The molecule has 2 heterocycles. The first-order valence-electron chi connectivity index (χ1n) is 7.03. The number of nitrogen functional groups attached to an aromatic ring is 1. The van der Waals surface area contributed by atoms with Crippen LogP contribution >= 0.6 is 23.4 Å². The third-order valence-corrected chi connectivity index (χ3v) is 4.55. The fraction of sp³-hybridized carbons (Fsp3) is 0.125. The van der Waals surface area contributed by atoms with E-state index in [2.05, 4.69) is 9.97 Å². The van der Waals surface area contributed by atoms with Crippen molar-refractivity contribution in [3.63, 3.8) is 0 Å².